The molecule has 1 atom stereocenters. The fraction of sp³-hybridized carbons (Fsp3) is 0.800. The Morgan fingerprint density at radius 1 is 1.36 bits per heavy atom. The number of carbonyl (C=O) groups excluding carboxylic acids is 2. The van der Waals surface area contributed by atoms with E-state index in [4.69, 9.17) is 5.73 Å². The predicted octanol–water partition coefficient (Wildman–Crippen LogP) is 0.803. The van der Waals surface area contributed by atoms with Crippen molar-refractivity contribution in [2.45, 2.75) is 46.1 Å². The highest BCUT2D eigenvalue weighted by atomic mass is 16.2. The number of nitrogens with one attached hydrogen (secondary N) is 1. The molecule has 0 aliphatic rings. The molecule has 0 radical (unpaired) electrons. The first-order chi connectivity index (χ1) is 6.49. The molecule has 4 heteroatoms. The molecule has 4 nitrogen and oxygen atoms in total. The molecule has 0 spiro atoms. The summed E-state index contributed by atoms with van der Waals surface area (Å²) in [4.78, 5) is 22.3. The Hall–Kier alpha value is -1.06. The van der Waals surface area contributed by atoms with Gasteiger partial charge in [0, 0.05) is 5.92 Å². The van der Waals surface area contributed by atoms with Crippen molar-refractivity contribution < 1.29 is 9.59 Å². The van der Waals surface area contributed by atoms with Crippen molar-refractivity contribution in [3.05, 3.63) is 0 Å². The molecule has 0 saturated heterocycles. The van der Waals surface area contributed by atoms with Crippen LogP contribution >= 0.6 is 0 Å². The van der Waals surface area contributed by atoms with Crippen molar-refractivity contribution in [2.24, 2.45) is 11.7 Å². The van der Waals surface area contributed by atoms with Crippen molar-refractivity contribution in [1.29, 1.82) is 0 Å². The van der Waals surface area contributed by atoms with Crippen molar-refractivity contribution in [1.82, 2.24) is 5.32 Å². The number of unbranched alkanes of at least 4 members (excludes halogenated alkanes) is 1. The molecule has 0 rings (SSSR count). The summed E-state index contributed by atoms with van der Waals surface area (Å²) in [6, 6.07) is -0.509. The van der Waals surface area contributed by atoms with Gasteiger partial charge in [0.15, 0.2) is 0 Å². The number of amides is 2. The van der Waals surface area contributed by atoms with Crippen LogP contribution in [0.15, 0.2) is 0 Å². The summed E-state index contributed by atoms with van der Waals surface area (Å²) >= 11 is 0. The standard InChI is InChI=1S/C10H20N2O2/c1-4-5-6-8(9(11)13)12-10(14)7(2)3/h7-8H,4-6H2,1-3H3,(H2,11,13)(H,12,14). The van der Waals surface area contributed by atoms with Gasteiger partial charge in [-0.2, -0.15) is 0 Å². The summed E-state index contributed by atoms with van der Waals surface area (Å²) < 4.78 is 0. The van der Waals surface area contributed by atoms with Gasteiger partial charge < -0.3 is 11.1 Å². The second kappa shape index (κ2) is 6.40. The Balaban J connectivity index is 4.09. The maximum absolute atomic E-state index is 11.3. The normalized spacial score (nSPS) is 12.6. The molecule has 0 saturated carbocycles. The van der Waals surface area contributed by atoms with Gasteiger partial charge in [-0.1, -0.05) is 33.6 Å². The summed E-state index contributed by atoms with van der Waals surface area (Å²) in [6.45, 7) is 5.60. The molecule has 0 aromatic carbocycles. The minimum atomic E-state index is -0.509. The number of primary amides is 1. The maximum atomic E-state index is 11.3. The smallest absolute Gasteiger partial charge is 0.239 e. The lowest BCUT2D eigenvalue weighted by Crippen LogP contribution is -2.45. The van der Waals surface area contributed by atoms with Gasteiger partial charge >= 0.3 is 0 Å². The zero-order valence-electron chi connectivity index (χ0n) is 9.17. The van der Waals surface area contributed by atoms with Crippen LogP contribution in [0.1, 0.15) is 40.0 Å². The highest BCUT2D eigenvalue weighted by Gasteiger charge is 2.18. The van der Waals surface area contributed by atoms with E-state index in [2.05, 4.69) is 5.32 Å². The lowest BCUT2D eigenvalue weighted by Gasteiger charge is -2.16. The Bertz CT molecular complexity index is 202. The molecule has 1 unspecified atom stereocenters. The van der Waals surface area contributed by atoms with E-state index in [-0.39, 0.29) is 11.8 Å². The molecule has 0 bridgehead atoms. The third-order valence-corrected chi connectivity index (χ3v) is 2.03. The summed E-state index contributed by atoms with van der Waals surface area (Å²) in [7, 11) is 0. The van der Waals surface area contributed by atoms with Crippen LogP contribution in [0, 0.1) is 5.92 Å². The minimum absolute atomic E-state index is 0.113. The van der Waals surface area contributed by atoms with E-state index in [9.17, 15) is 9.59 Å². The lowest BCUT2D eigenvalue weighted by molar-refractivity contribution is -0.129. The Morgan fingerprint density at radius 2 is 1.93 bits per heavy atom. The van der Waals surface area contributed by atoms with Gasteiger partial charge in [-0.05, 0) is 6.42 Å². The van der Waals surface area contributed by atoms with Crippen molar-refractivity contribution in [3.63, 3.8) is 0 Å². The number of nitrogens with two attached hydrogens (primary N) is 1. The van der Waals surface area contributed by atoms with Crippen LogP contribution in [0.25, 0.3) is 0 Å². The van der Waals surface area contributed by atoms with Crippen molar-refractivity contribution in [2.75, 3.05) is 0 Å². The zero-order valence-corrected chi connectivity index (χ0v) is 9.17. The summed E-state index contributed by atoms with van der Waals surface area (Å²) in [5, 5.41) is 2.64. The first kappa shape index (κ1) is 12.9. The number of hydrogen-bond donors (Lipinski definition) is 2. The molecule has 14 heavy (non-hydrogen) atoms. The second-order valence-corrected chi connectivity index (χ2v) is 3.76. The summed E-state index contributed by atoms with van der Waals surface area (Å²) in [5.41, 5.74) is 5.17. The minimum Gasteiger partial charge on any atom is -0.368 e. The summed E-state index contributed by atoms with van der Waals surface area (Å²) in [6.07, 6.45) is 2.51. The topological polar surface area (TPSA) is 72.2 Å². The van der Waals surface area contributed by atoms with E-state index in [1.165, 1.54) is 0 Å². The van der Waals surface area contributed by atoms with E-state index in [1.807, 2.05) is 6.92 Å². The van der Waals surface area contributed by atoms with Gasteiger partial charge in [-0.25, -0.2) is 0 Å². The van der Waals surface area contributed by atoms with Crippen LogP contribution in [0.4, 0.5) is 0 Å². The highest BCUT2D eigenvalue weighted by molar-refractivity contribution is 5.87. The largest absolute Gasteiger partial charge is 0.368 e. The quantitative estimate of drug-likeness (QED) is 0.665. The SMILES string of the molecule is CCCCC(NC(=O)C(C)C)C(N)=O. The second-order valence-electron chi connectivity index (χ2n) is 3.76. The van der Waals surface area contributed by atoms with Crippen LogP contribution in [0.2, 0.25) is 0 Å². The third-order valence-electron chi connectivity index (χ3n) is 2.03. The first-order valence-corrected chi connectivity index (χ1v) is 5.08. The van der Waals surface area contributed by atoms with Crippen molar-refractivity contribution in [3.8, 4) is 0 Å². The Kier molecular flexibility index (Phi) is 5.92. The molecule has 0 heterocycles. The molecule has 0 aromatic rings. The average Bonchev–Trinajstić information content (AvgIpc) is 2.10. The first-order valence-electron chi connectivity index (χ1n) is 5.08. The molecular weight excluding hydrogens is 180 g/mol. The number of rotatable bonds is 6. The molecule has 3 N–H and O–H groups in total. The van der Waals surface area contributed by atoms with Crippen molar-refractivity contribution >= 4 is 11.8 Å². The fourth-order valence-electron chi connectivity index (χ4n) is 1.03. The van der Waals surface area contributed by atoms with E-state index in [1.54, 1.807) is 13.8 Å². The third kappa shape index (κ3) is 4.84. The van der Waals surface area contributed by atoms with Crippen LogP contribution in [-0.4, -0.2) is 17.9 Å². The lowest BCUT2D eigenvalue weighted by atomic mass is 10.1. The maximum Gasteiger partial charge on any atom is 0.239 e. The van der Waals surface area contributed by atoms with Gasteiger partial charge in [-0.3, -0.25) is 9.59 Å². The van der Waals surface area contributed by atoms with Gasteiger partial charge in [0.1, 0.15) is 6.04 Å². The molecule has 0 aliphatic carbocycles. The average molecular weight is 200 g/mol. The Morgan fingerprint density at radius 3 is 2.29 bits per heavy atom. The predicted molar refractivity (Wildman–Crippen MR) is 55.5 cm³/mol. The molecule has 82 valence electrons. The summed E-state index contributed by atoms with van der Waals surface area (Å²) in [5.74, 6) is -0.684. The molecule has 0 aliphatic heterocycles. The van der Waals surface area contributed by atoms with Crippen LogP contribution < -0.4 is 11.1 Å². The van der Waals surface area contributed by atoms with Crippen LogP contribution in [-0.2, 0) is 9.59 Å². The molecule has 0 aromatic heterocycles. The molecule has 2 amide bonds. The highest BCUT2D eigenvalue weighted by Crippen LogP contribution is 2.01. The monoisotopic (exact) mass is 200 g/mol. The fourth-order valence-corrected chi connectivity index (χ4v) is 1.03. The van der Waals surface area contributed by atoms with Crippen LogP contribution in [0.5, 0.6) is 0 Å². The zero-order chi connectivity index (χ0) is 11.1. The number of carbonyl (C=O) groups is 2. The van der Waals surface area contributed by atoms with E-state index in [0.29, 0.717) is 6.42 Å². The van der Waals surface area contributed by atoms with Gasteiger partial charge in [0.2, 0.25) is 11.8 Å². The molecule has 0 fully saturated rings. The molecular formula is C10H20N2O2. The van der Waals surface area contributed by atoms with E-state index in [0.717, 1.165) is 12.8 Å². The van der Waals surface area contributed by atoms with Gasteiger partial charge in [-0.15, -0.1) is 0 Å². The van der Waals surface area contributed by atoms with Crippen LogP contribution in [0.3, 0.4) is 0 Å². The van der Waals surface area contributed by atoms with Gasteiger partial charge in [0.05, 0.1) is 0 Å². The van der Waals surface area contributed by atoms with Gasteiger partial charge in [0.25, 0.3) is 0 Å². The number of hydrogen-bond acceptors (Lipinski definition) is 2. The van der Waals surface area contributed by atoms with E-state index >= 15 is 0 Å². The van der Waals surface area contributed by atoms with E-state index < -0.39 is 11.9 Å². The Labute approximate surface area is 85.2 Å².